The highest BCUT2D eigenvalue weighted by Crippen LogP contribution is 2.44. The van der Waals surface area contributed by atoms with E-state index in [-0.39, 0.29) is 10.8 Å². The molecule has 0 saturated carbocycles. The van der Waals surface area contributed by atoms with Crippen LogP contribution < -0.4 is 10.4 Å². The lowest BCUT2D eigenvalue weighted by atomic mass is 10.1. The zero-order valence-corrected chi connectivity index (χ0v) is 10.9. The van der Waals surface area contributed by atoms with Crippen molar-refractivity contribution in [1.82, 2.24) is 10.4 Å². The molecule has 3 rings (SSSR count). The van der Waals surface area contributed by atoms with Crippen molar-refractivity contribution in [3.63, 3.8) is 0 Å². The van der Waals surface area contributed by atoms with Gasteiger partial charge in [0.15, 0.2) is 0 Å². The van der Waals surface area contributed by atoms with Gasteiger partial charge in [-0.25, -0.2) is 9.99 Å². The Morgan fingerprint density at radius 2 is 2.10 bits per heavy atom. The fourth-order valence-electron chi connectivity index (χ4n) is 2.06. The fraction of sp³-hybridized carbons (Fsp3) is 0.250. The van der Waals surface area contributed by atoms with Gasteiger partial charge in [0.2, 0.25) is 5.13 Å². The maximum atomic E-state index is 13.1. The Labute approximate surface area is 116 Å². The SMILES string of the molecule is C=C1CC(O)(C(F)(F)F)N(c2nc3ccccc3s2)N1. The molecule has 1 aromatic heterocycles. The van der Waals surface area contributed by atoms with Crippen LogP contribution in [0.5, 0.6) is 0 Å². The first-order valence-electron chi connectivity index (χ1n) is 5.70. The third-order valence-electron chi connectivity index (χ3n) is 3.03. The van der Waals surface area contributed by atoms with Gasteiger partial charge in [0.05, 0.1) is 10.2 Å². The summed E-state index contributed by atoms with van der Waals surface area (Å²) < 4.78 is 40.1. The molecule has 1 fully saturated rings. The van der Waals surface area contributed by atoms with E-state index in [9.17, 15) is 18.3 Å². The minimum atomic E-state index is -4.82. The van der Waals surface area contributed by atoms with Crippen LogP contribution in [-0.2, 0) is 0 Å². The van der Waals surface area contributed by atoms with Crippen molar-refractivity contribution in [3.05, 3.63) is 36.5 Å². The molecule has 0 spiro atoms. The minimum absolute atomic E-state index is 0.0460. The highest BCUT2D eigenvalue weighted by atomic mass is 32.1. The molecule has 106 valence electrons. The number of anilines is 1. The average molecular weight is 301 g/mol. The molecule has 20 heavy (non-hydrogen) atoms. The number of fused-ring (bicyclic) bond motifs is 1. The van der Waals surface area contributed by atoms with Crippen molar-refractivity contribution >= 4 is 26.7 Å². The number of para-hydroxylation sites is 1. The number of halogens is 3. The van der Waals surface area contributed by atoms with E-state index >= 15 is 0 Å². The zero-order valence-electron chi connectivity index (χ0n) is 10.1. The number of hydrogen-bond acceptors (Lipinski definition) is 5. The van der Waals surface area contributed by atoms with Crippen molar-refractivity contribution < 1.29 is 18.3 Å². The third kappa shape index (κ3) is 1.83. The van der Waals surface area contributed by atoms with Gasteiger partial charge < -0.3 is 5.11 Å². The number of alkyl halides is 3. The highest BCUT2D eigenvalue weighted by Gasteiger charge is 2.62. The summed E-state index contributed by atoms with van der Waals surface area (Å²) in [6, 6.07) is 6.98. The van der Waals surface area contributed by atoms with Gasteiger partial charge in [-0.15, -0.1) is 0 Å². The van der Waals surface area contributed by atoms with Crippen LogP contribution in [0.1, 0.15) is 6.42 Å². The first kappa shape index (κ1) is 13.2. The van der Waals surface area contributed by atoms with E-state index in [1.807, 2.05) is 0 Å². The van der Waals surface area contributed by atoms with Crippen LogP contribution in [0.2, 0.25) is 0 Å². The number of nitrogens with one attached hydrogen (secondary N) is 1. The number of nitrogens with zero attached hydrogens (tertiary/aromatic N) is 2. The number of hydrazine groups is 1. The normalized spacial score (nSPS) is 23.4. The van der Waals surface area contributed by atoms with Gasteiger partial charge in [-0.3, -0.25) is 5.43 Å². The molecule has 2 N–H and O–H groups in total. The molecule has 1 aliphatic rings. The van der Waals surface area contributed by atoms with E-state index in [0.29, 0.717) is 10.5 Å². The molecule has 0 radical (unpaired) electrons. The highest BCUT2D eigenvalue weighted by molar-refractivity contribution is 7.22. The molecule has 0 aliphatic carbocycles. The van der Waals surface area contributed by atoms with Gasteiger partial charge in [0, 0.05) is 12.1 Å². The van der Waals surface area contributed by atoms with Gasteiger partial charge in [-0.1, -0.05) is 30.0 Å². The number of rotatable bonds is 1. The molecule has 1 aliphatic heterocycles. The van der Waals surface area contributed by atoms with Gasteiger partial charge in [0.25, 0.3) is 5.72 Å². The maximum Gasteiger partial charge on any atom is 0.438 e. The summed E-state index contributed by atoms with van der Waals surface area (Å²) in [5, 5.41) is 10.7. The zero-order chi connectivity index (χ0) is 14.5. The van der Waals surface area contributed by atoms with E-state index in [1.165, 1.54) is 0 Å². The second kappa shape index (κ2) is 4.10. The molecule has 1 atom stereocenters. The van der Waals surface area contributed by atoms with Crippen molar-refractivity contribution in [2.24, 2.45) is 0 Å². The van der Waals surface area contributed by atoms with Crippen LogP contribution in [0, 0.1) is 0 Å². The molecule has 0 amide bonds. The Hall–Kier alpha value is -1.80. The summed E-state index contributed by atoms with van der Waals surface area (Å²) in [6.45, 7) is 3.46. The lowest BCUT2D eigenvalue weighted by molar-refractivity contribution is -0.255. The first-order chi connectivity index (χ1) is 9.31. The van der Waals surface area contributed by atoms with Gasteiger partial charge in [-0.05, 0) is 12.1 Å². The molecule has 1 aromatic carbocycles. The number of benzene rings is 1. The molecule has 1 saturated heterocycles. The van der Waals surface area contributed by atoms with E-state index in [2.05, 4.69) is 17.0 Å². The van der Waals surface area contributed by atoms with Crippen molar-refractivity contribution in [2.75, 3.05) is 5.01 Å². The van der Waals surface area contributed by atoms with Gasteiger partial charge >= 0.3 is 6.18 Å². The molecule has 2 heterocycles. The summed E-state index contributed by atoms with van der Waals surface area (Å²) in [4.78, 5) is 4.12. The monoisotopic (exact) mass is 301 g/mol. The van der Waals surface area contributed by atoms with Crippen molar-refractivity contribution in [1.29, 1.82) is 0 Å². The predicted octanol–water partition coefficient (Wildman–Crippen LogP) is 2.78. The summed E-state index contributed by atoms with van der Waals surface area (Å²) in [5.74, 6) is 0. The molecule has 4 nitrogen and oxygen atoms in total. The second-order valence-electron chi connectivity index (χ2n) is 4.51. The Bertz CT molecular complexity index is 651. The fourth-order valence-corrected chi connectivity index (χ4v) is 3.05. The van der Waals surface area contributed by atoms with Gasteiger partial charge in [-0.2, -0.15) is 13.2 Å². The second-order valence-corrected chi connectivity index (χ2v) is 5.52. The predicted molar refractivity (Wildman–Crippen MR) is 70.0 cm³/mol. The topological polar surface area (TPSA) is 48.4 Å². The summed E-state index contributed by atoms with van der Waals surface area (Å²) >= 11 is 1.07. The standard InChI is InChI=1S/C12H10F3N3OS/c1-7-6-11(19,12(13,14)15)18(17-7)10-16-8-4-2-3-5-9(8)20-10/h2-5,17,19H,1,6H2. The Morgan fingerprint density at radius 3 is 2.75 bits per heavy atom. The first-order valence-corrected chi connectivity index (χ1v) is 6.52. The molecular formula is C12H10F3N3OS. The number of aliphatic hydroxyl groups is 1. The lowest BCUT2D eigenvalue weighted by Crippen LogP contribution is -2.58. The smallest absolute Gasteiger partial charge is 0.362 e. The summed E-state index contributed by atoms with van der Waals surface area (Å²) in [7, 11) is 0. The molecule has 0 bridgehead atoms. The Morgan fingerprint density at radius 1 is 1.40 bits per heavy atom. The Balaban J connectivity index is 2.09. The average Bonchev–Trinajstić information content (AvgIpc) is 2.89. The van der Waals surface area contributed by atoms with Gasteiger partial charge in [0.1, 0.15) is 0 Å². The van der Waals surface area contributed by atoms with Crippen LogP contribution in [0.4, 0.5) is 18.3 Å². The van der Waals surface area contributed by atoms with E-state index in [0.717, 1.165) is 16.0 Å². The van der Waals surface area contributed by atoms with E-state index < -0.39 is 18.3 Å². The minimum Gasteiger partial charge on any atom is -0.362 e. The third-order valence-corrected chi connectivity index (χ3v) is 4.05. The van der Waals surface area contributed by atoms with Crippen LogP contribution in [0.15, 0.2) is 36.5 Å². The summed E-state index contributed by atoms with van der Waals surface area (Å²) in [6.07, 6.45) is -5.45. The molecule has 2 aromatic rings. The summed E-state index contributed by atoms with van der Waals surface area (Å²) in [5.41, 5.74) is 0.0823. The van der Waals surface area contributed by atoms with Crippen LogP contribution >= 0.6 is 11.3 Å². The number of aromatic nitrogens is 1. The molecule has 1 unspecified atom stereocenters. The van der Waals surface area contributed by atoms with E-state index in [1.54, 1.807) is 24.3 Å². The number of hydrogen-bond donors (Lipinski definition) is 2. The van der Waals surface area contributed by atoms with Crippen LogP contribution in [0.3, 0.4) is 0 Å². The largest absolute Gasteiger partial charge is 0.438 e. The van der Waals surface area contributed by atoms with Crippen molar-refractivity contribution in [2.45, 2.75) is 18.3 Å². The maximum absolute atomic E-state index is 13.1. The lowest BCUT2D eigenvalue weighted by Gasteiger charge is -2.33. The Kier molecular flexibility index (Phi) is 2.70. The quantitative estimate of drug-likeness (QED) is 0.850. The molecule has 8 heteroatoms. The molecular weight excluding hydrogens is 291 g/mol. The van der Waals surface area contributed by atoms with E-state index in [4.69, 9.17) is 0 Å². The van der Waals surface area contributed by atoms with Crippen molar-refractivity contribution in [3.8, 4) is 0 Å². The number of thiazole rings is 1. The van der Waals surface area contributed by atoms with Crippen LogP contribution in [0.25, 0.3) is 10.2 Å². The van der Waals surface area contributed by atoms with Crippen LogP contribution in [-0.4, -0.2) is 22.0 Å².